The molecule has 19 heavy (non-hydrogen) atoms. The molecule has 0 aromatic carbocycles. The number of carbonyl (C=O) groups is 2. The van der Waals surface area contributed by atoms with Crippen LogP contribution in [0.1, 0.15) is 12.1 Å². The quantitative estimate of drug-likeness (QED) is 0.516. The van der Waals surface area contributed by atoms with Crippen molar-refractivity contribution in [2.75, 3.05) is 12.0 Å². The van der Waals surface area contributed by atoms with E-state index in [4.69, 9.17) is 10.8 Å². The van der Waals surface area contributed by atoms with Crippen LogP contribution in [-0.2, 0) is 16.0 Å². The highest BCUT2D eigenvalue weighted by Crippen LogP contribution is 2.02. The van der Waals surface area contributed by atoms with Gasteiger partial charge in [0.2, 0.25) is 5.91 Å². The third-order valence-electron chi connectivity index (χ3n) is 2.56. The average Bonchev–Trinajstić information content (AvgIpc) is 2.86. The number of aromatic amines is 1. The number of hydrogen-bond acceptors (Lipinski definition) is 5. The number of aliphatic carboxylic acids is 1. The Morgan fingerprint density at radius 2 is 2.37 bits per heavy atom. The van der Waals surface area contributed by atoms with Crippen molar-refractivity contribution in [1.82, 2.24) is 15.3 Å². The van der Waals surface area contributed by atoms with Gasteiger partial charge >= 0.3 is 5.97 Å². The minimum absolute atomic E-state index is 0.292. The zero-order valence-electron chi connectivity index (χ0n) is 10.6. The lowest BCUT2D eigenvalue weighted by Gasteiger charge is -2.17. The molecule has 5 N–H and O–H groups in total. The summed E-state index contributed by atoms with van der Waals surface area (Å²) in [5.41, 5.74) is 6.46. The van der Waals surface area contributed by atoms with Gasteiger partial charge in [-0.25, -0.2) is 9.78 Å². The summed E-state index contributed by atoms with van der Waals surface area (Å²) >= 11 is 1.53. The summed E-state index contributed by atoms with van der Waals surface area (Å²) in [6.45, 7) is 0. The topological polar surface area (TPSA) is 121 Å². The van der Waals surface area contributed by atoms with Crippen molar-refractivity contribution in [1.29, 1.82) is 0 Å². The average molecular weight is 286 g/mol. The molecule has 0 radical (unpaired) electrons. The fourth-order valence-corrected chi connectivity index (χ4v) is 1.97. The molecule has 0 aliphatic rings. The molecule has 0 bridgehead atoms. The third kappa shape index (κ3) is 5.31. The second kappa shape index (κ2) is 7.80. The molecule has 0 unspecified atom stereocenters. The number of nitrogens with two attached hydrogens (primary N) is 1. The Hall–Kier alpha value is -1.54. The van der Waals surface area contributed by atoms with E-state index in [1.165, 1.54) is 18.1 Å². The van der Waals surface area contributed by atoms with E-state index in [-0.39, 0.29) is 0 Å². The molecule has 0 spiro atoms. The van der Waals surface area contributed by atoms with E-state index in [9.17, 15) is 9.59 Å². The van der Waals surface area contributed by atoms with Gasteiger partial charge in [-0.2, -0.15) is 11.8 Å². The summed E-state index contributed by atoms with van der Waals surface area (Å²) in [7, 11) is 0. The first kappa shape index (κ1) is 15.5. The molecule has 2 atom stereocenters. The lowest BCUT2D eigenvalue weighted by atomic mass is 10.1. The van der Waals surface area contributed by atoms with Crippen LogP contribution in [0.2, 0.25) is 0 Å². The molecule has 8 heteroatoms. The fraction of sp³-hybridized carbons (Fsp3) is 0.545. The fourth-order valence-electron chi connectivity index (χ4n) is 1.50. The van der Waals surface area contributed by atoms with Gasteiger partial charge in [0.15, 0.2) is 0 Å². The van der Waals surface area contributed by atoms with E-state index >= 15 is 0 Å². The summed E-state index contributed by atoms with van der Waals surface area (Å²) in [6.07, 6.45) is 5.62. The highest BCUT2D eigenvalue weighted by atomic mass is 32.2. The van der Waals surface area contributed by atoms with Crippen molar-refractivity contribution in [2.24, 2.45) is 5.73 Å². The van der Waals surface area contributed by atoms with Crippen LogP contribution in [0.5, 0.6) is 0 Å². The minimum Gasteiger partial charge on any atom is -0.480 e. The molecule has 1 amide bonds. The molecular formula is C11H18N4O3S. The molecule has 0 aliphatic carbocycles. The maximum Gasteiger partial charge on any atom is 0.326 e. The summed E-state index contributed by atoms with van der Waals surface area (Å²) in [4.78, 5) is 29.5. The zero-order valence-corrected chi connectivity index (χ0v) is 11.4. The van der Waals surface area contributed by atoms with Crippen molar-refractivity contribution in [3.05, 3.63) is 18.2 Å². The number of nitrogens with one attached hydrogen (secondary N) is 2. The number of imidazole rings is 1. The number of carbonyl (C=O) groups excluding carboxylic acids is 1. The number of H-pyrrole nitrogens is 1. The molecule has 106 valence electrons. The molecule has 0 saturated heterocycles. The molecule has 1 heterocycles. The van der Waals surface area contributed by atoms with Crippen molar-refractivity contribution in [3.8, 4) is 0 Å². The van der Waals surface area contributed by atoms with Crippen LogP contribution in [0.4, 0.5) is 0 Å². The Morgan fingerprint density at radius 3 is 2.89 bits per heavy atom. The van der Waals surface area contributed by atoms with Gasteiger partial charge < -0.3 is 21.1 Å². The van der Waals surface area contributed by atoms with Gasteiger partial charge in [-0.15, -0.1) is 0 Å². The predicted octanol–water partition coefficient (Wildman–Crippen LogP) is -0.398. The first-order chi connectivity index (χ1) is 9.04. The van der Waals surface area contributed by atoms with Crippen LogP contribution in [0.3, 0.4) is 0 Å². The molecule has 0 saturated carbocycles. The van der Waals surface area contributed by atoms with Gasteiger partial charge in [0.05, 0.1) is 12.4 Å². The first-order valence-electron chi connectivity index (χ1n) is 5.79. The maximum absolute atomic E-state index is 11.8. The van der Waals surface area contributed by atoms with Gasteiger partial charge in [-0.3, -0.25) is 4.79 Å². The molecule has 1 rings (SSSR count). The number of rotatable bonds is 8. The number of carboxylic acid groups (broad SMARTS) is 1. The maximum atomic E-state index is 11.8. The number of amides is 1. The summed E-state index contributed by atoms with van der Waals surface area (Å²) in [5.74, 6) is -0.855. The molecule has 0 aliphatic heterocycles. The van der Waals surface area contributed by atoms with Crippen LogP contribution in [-0.4, -0.2) is 51.0 Å². The number of aromatic nitrogens is 2. The van der Waals surface area contributed by atoms with Gasteiger partial charge in [0.1, 0.15) is 6.04 Å². The van der Waals surface area contributed by atoms with Gasteiger partial charge in [-0.05, 0) is 18.4 Å². The highest BCUT2D eigenvalue weighted by Gasteiger charge is 2.23. The second-order valence-electron chi connectivity index (χ2n) is 4.07. The van der Waals surface area contributed by atoms with Gasteiger partial charge in [-0.1, -0.05) is 0 Å². The Kier molecular flexibility index (Phi) is 6.37. The summed E-state index contributed by atoms with van der Waals surface area (Å²) in [5, 5.41) is 11.5. The van der Waals surface area contributed by atoms with E-state index in [0.717, 1.165) is 5.69 Å². The van der Waals surface area contributed by atoms with Crippen molar-refractivity contribution in [3.63, 3.8) is 0 Å². The van der Waals surface area contributed by atoms with Gasteiger partial charge in [0.25, 0.3) is 0 Å². The summed E-state index contributed by atoms with van der Waals surface area (Å²) in [6, 6.07) is -1.69. The smallest absolute Gasteiger partial charge is 0.326 e. The monoisotopic (exact) mass is 286 g/mol. The lowest BCUT2D eigenvalue weighted by molar-refractivity contribution is -0.142. The number of carboxylic acids is 1. The van der Waals surface area contributed by atoms with Crippen molar-refractivity contribution in [2.45, 2.75) is 24.9 Å². The Labute approximate surface area is 115 Å². The minimum atomic E-state index is -1.05. The van der Waals surface area contributed by atoms with Crippen LogP contribution < -0.4 is 11.1 Å². The molecule has 7 nitrogen and oxygen atoms in total. The Balaban J connectivity index is 2.48. The summed E-state index contributed by atoms with van der Waals surface area (Å²) < 4.78 is 0. The van der Waals surface area contributed by atoms with Crippen molar-refractivity contribution < 1.29 is 14.7 Å². The molecule has 0 fully saturated rings. The van der Waals surface area contributed by atoms with E-state index < -0.39 is 24.0 Å². The van der Waals surface area contributed by atoms with Crippen LogP contribution in [0, 0.1) is 0 Å². The second-order valence-corrected chi connectivity index (χ2v) is 5.05. The number of thioether (sulfide) groups is 1. The normalized spacial score (nSPS) is 13.8. The molecular weight excluding hydrogens is 268 g/mol. The van der Waals surface area contributed by atoms with E-state index in [1.807, 2.05) is 6.26 Å². The van der Waals surface area contributed by atoms with E-state index in [2.05, 4.69) is 15.3 Å². The van der Waals surface area contributed by atoms with Crippen LogP contribution in [0.15, 0.2) is 12.5 Å². The Morgan fingerprint density at radius 1 is 1.63 bits per heavy atom. The highest BCUT2D eigenvalue weighted by molar-refractivity contribution is 7.98. The first-order valence-corrected chi connectivity index (χ1v) is 7.19. The number of nitrogens with zero attached hydrogens (tertiary/aromatic N) is 1. The van der Waals surface area contributed by atoms with Crippen molar-refractivity contribution >= 4 is 23.6 Å². The van der Waals surface area contributed by atoms with E-state index in [0.29, 0.717) is 18.6 Å². The van der Waals surface area contributed by atoms with Crippen LogP contribution >= 0.6 is 11.8 Å². The lowest BCUT2D eigenvalue weighted by Crippen LogP contribution is -2.49. The van der Waals surface area contributed by atoms with Crippen LogP contribution in [0.25, 0.3) is 0 Å². The molecule has 1 aromatic rings. The SMILES string of the molecule is CSCC[C@H](NC(=O)[C@@H](N)Cc1cnc[nH]1)C(=O)O. The van der Waals surface area contributed by atoms with Gasteiger partial charge in [0, 0.05) is 18.3 Å². The zero-order chi connectivity index (χ0) is 14.3. The van der Waals surface area contributed by atoms with E-state index in [1.54, 1.807) is 6.20 Å². The number of hydrogen-bond donors (Lipinski definition) is 4. The standard InChI is InChI=1S/C11H18N4O3S/c1-19-3-2-9(11(17)18)15-10(16)8(12)4-7-5-13-6-14-7/h5-6,8-9H,2-4,12H2,1H3,(H,13,14)(H,15,16)(H,17,18)/t8-,9-/m0/s1. The Bertz CT molecular complexity index is 410. The predicted molar refractivity (Wildman–Crippen MR) is 72.8 cm³/mol. The third-order valence-corrected chi connectivity index (χ3v) is 3.20. The molecule has 1 aromatic heterocycles. The largest absolute Gasteiger partial charge is 0.480 e.